The monoisotopic (exact) mass is 196 g/mol. The fourth-order valence-electron chi connectivity index (χ4n) is 1.16. The molecule has 0 saturated carbocycles. The van der Waals surface area contributed by atoms with Gasteiger partial charge in [0.15, 0.2) is 0 Å². The van der Waals surface area contributed by atoms with E-state index < -0.39 is 0 Å². The molecule has 0 aliphatic rings. The van der Waals surface area contributed by atoms with Crippen molar-refractivity contribution < 1.29 is 4.39 Å². The summed E-state index contributed by atoms with van der Waals surface area (Å²) in [4.78, 5) is 0. The molecule has 78 valence electrons. The van der Waals surface area contributed by atoms with Gasteiger partial charge in [0, 0.05) is 23.3 Å². The van der Waals surface area contributed by atoms with Crippen molar-refractivity contribution in [3.05, 3.63) is 29.6 Å². The van der Waals surface area contributed by atoms with Gasteiger partial charge < -0.3 is 11.1 Å². The zero-order chi connectivity index (χ0) is 10.8. The molecule has 0 radical (unpaired) electrons. The van der Waals surface area contributed by atoms with Crippen molar-refractivity contribution in [2.45, 2.75) is 26.3 Å². The molecule has 3 heteroatoms. The van der Waals surface area contributed by atoms with Crippen LogP contribution in [0.2, 0.25) is 0 Å². The van der Waals surface area contributed by atoms with Gasteiger partial charge in [0.05, 0.1) is 0 Å². The number of hydrogen-bond acceptors (Lipinski definition) is 2. The highest BCUT2D eigenvalue weighted by Gasteiger charge is 2.16. The highest BCUT2D eigenvalue weighted by atomic mass is 19.1. The minimum Gasteiger partial charge on any atom is -0.379 e. The lowest BCUT2D eigenvalue weighted by Crippen LogP contribution is -2.39. The first kappa shape index (κ1) is 11.0. The third kappa shape index (κ3) is 2.45. The number of rotatable bonds is 3. The molecule has 0 unspecified atom stereocenters. The van der Waals surface area contributed by atoms with Crippen LogP contribution in [0.1, 0.15) is 19.4 Å². The van der Waals surface area contributed by atoms with E-state index in [-0.39, 0.29) is 11.4 Å². The molecule has 0 saturated heterocycles. The SMILES string of the molecule is Cc1c(F)cccc1NC(C)(C)CN. The molecule has 2 nitrogen and oxygen atoms in total. The van der Waals surface area contributed by atoms with E-state index in [1.165, 1.54) is 6.07 Å². The first-order valence-electron chi connectivity index (χ1n) is 4.69. The molecule has 0 amide bonds. The summed E-state index contributed by atoms with van der Waals surface area (Å²) in [5, 5.41) is 3.21. The van der Waals surface area contributed by atoms with Crippen molar-refractivity contribution in [2.24, 2.45) is 5.73 Å². The topological polar surface area (TPSA) is 38.0 Å². The van der Waals surface area contributed by atoms with Crippen molar-refractivity contribution in [2.75, 3.05) is 11.9 Å². The zero-order valence-electron chi connectivity index (χ0n) is 8.89. The zero-order valence-corrected chi connectivity index (χ0v) is 8.89. The summed E-state index contributed by atoms with van der Waals surface area (Å²) in [5.41, 5.74) is 6.82. The van der Waals surface area contributed by atoms with Crippen LogP contribution in [0.15, 0.2) is 18.2 Å². The van der Waals surface area contributed by atoms with E-state index in [1.54, 1.807) is 13.0 Å². The Balaban J connectivity index is 2.92. The molecule has 0 spiro atoms. The third-order valence-corrected chi connectivity index (χ3v) is 2.25. The lowest BCUT2D eigenvalue weighted by atomic mass is 10.0. The van der Waals surface area contributed by atoms with E-state index in [1.807, 2.05) is 19.9 Å². The summed E-state index contributed by atoms with van der Waals surface area (Å²) in [5.74, 6) is -0.192. The standard InChI is InChI=1S/C11H17FN2/c1-8-9(12)5-4-6-10(8)14-11(2,3)7-13/h4-6,14H,7,13H2,1-3H3. The van der Waals surface area contributed by atoms with Gasteiger partial charge in [-0.1, -0.05) is 6.07 Å². The van der Waals surface area contributed by atoms with Gasteiger partial charge in [-0.05, 0) is 32.9 Å². The van der Waals surface area contributed by atoms with E-state index in [9.17, 15) is 4.39 Å². The van der Waals surface area contributed by atoms with Gasteiger partial charge in [-0.3, -0.25) is 0 Å². The predicted octanol–water partition coefficient (Wildman–Crippen LogP) is 2.28. The fraction of sp³-hybridized carbons (Fsp3) is 0.455. The van der Waals surface area contributed by atoms with Crippen molar-refractivity contribution in [1.82, 2.24) is 0 Å². The van der Waals surface area contributed by atoms with Gasteiger partial charge in [0.2, 0.25) is 0 Å². The molecule has 0 aliphatic carbocycles. The average Bonchev–Trinajstić information content (AvgIpc) is 2.13. The number of nitrogens with one attached hydrogen (secondary N) is 1. The summed E-state index contributed by atoms with van der Waals surface area (Å²) in [6, 6.07) is 5.00. The van der Waals surface area contributed by atoms with Gasteiger partial charge in [-0.15, -0.1) is 0 Å². The number of nitrogens with two attached hydrogens (primary N) is 1. The second-order valence-corrected chi connectivity index (χ2v) is 4.13. The van der Waals surface area contributed by atoms with Crippen molar-refractivity contribution in [3.8, 4) is 0 Å². The highest BCUT2D eigenvalue weighted by molar-refractivity contribution is 5.52. The van der Waals surface area contributed by atoms with Crippen molar-refractivity contribution >= 4 is 5.69 Å². The number of anilines is 1. The second-order valence-electron chi connectivity index (χ2n) is 4.13. The van der Waals surface area contributed by atoms with E-state index in [0.717, 1.165) is 5.69 Å². The molecule has 0 bridgehead atoms. The Morgan fingerprint density at radius 2 is 2.07 bits per heavy atom. The van der Waals surface area contributed by atoms with Crippen LogP contribution in [-0.2, 0) is 0 Å². The molecule has 1 rings (SSSR count). The predicted molar refractivity (Wildman–Crippen MR) is 57.9 cm³/mol. The quantitative estimate of drug-likeness (QED) is 0.778. The molecule has 0 fully saturated rings. The smallest absolute Gasteiger partial charge is 0.128 e. The molecule has 3 N–H and O–H groups in total. The highest BCUT2D eigenvalue weighted by Crippen LogP contribution is 2.20. The normalized spacial score (nSPS) is 11.5. The van der Waals surface area contributed by atoms with Crippen LogP contribution in [0.5, 0.6) is 0 Å². The summed E-state index contributed by atoms with van der Waals surface area (Å²) < 4.78 is 13.2. The minimum atomic E-state index is -0.210. The Kier molecular flexibility index (Phi) is 3.11. The average molecular weight is 196 g/mol. The van der Waals surface area contributed by atoms with Gasteiger partial charge >= 0.3 is 0 Å². The first-order chi connectivity index (χ1) is 6.46. The van der Waals surface area contributed by atoms with Crippen LogP contribution >= 0.6 is 0 Å². The van der Waals surface area contributed by atoms with Crippen LogP contribution in [0.25, 0.3) is 0 Å². The van der Waals surface area contributed by atoms with Gasteiger partial charge in [-0.25, -0.2) is 4.39 Å². The van der Waals surface area contributed by atoms with Gasteiger partial charge in [0.1, 0.15) is 5.82 Å². The molecule has 1 aromatic carbocycles. The maximum absolute atomic E-state index is 13.2. The molecule has 0 atom stereocenters. The molecular formula is C11H17FN2. The summed E-state index contributed by atoms with van der Waals surface area (Å²) >= 11 is 0. The molecular weight excluding hydrogens is 179 g/mol. The van der Waals surface area contributed by atoms with Crippen molar-refractivity contribution in [1.29, 1.82) is 0 Å². The molecule has 0 aromatic heterocycles. The Labute approximate surface area is 84.3 Å². The summed E-state index contributed by atoms with van der Waals surface area (Å²) in [6.45, 7) is 6.22. The molecule has 0 aliphatic heterocycles. The Bertz CT molecular complexity index is 321. The van der Waals surface area contributed by atoms with Crippen LogP contribution in [0, 0.1) is 12.7 Å². The number of hydrogen-bond donors (Lipinski definition) is 2. The molecule has 1 aromatic rings. The minimum absolute atomic E-state index is 0.192. The molecule has 0 heterocycles. The first-order valence-corrected chi connectivity index (χ1v) is 4.69. The molecule has 14 heavy (non-hydrogen) atoms. The maximum Gasteiger partial charge on any atom is 0.128 e. The van der Waals surface area contributed by atoms with E-state index >= 15 is 0 Å². The lowest BCUT2D eigenvalue weighted by molar-refractivity contribution is 0.576. The Morgan fingerprint density at radius 1 is 1.43 bits per heavy atom. The Hall–Kier alpha value is -1.09. The largest absolute Gasteiger partial charge is 0.379 e. The fourth-order valence-corrected chi connectivity index (χ4v) is 1.16. The van der Waals surface area contributed by atoms with E-state index in [4.69, 9.17) is 5.73 Å². The van der Waals surface area contributed by atoms with Gasteiger partial charge in [0.25, 0.3) is 0 Å². The second kappa shape index (κ2) is 3.96. The van der Waals surface area contributed by atoms with Crippen LogP contribution in [0.4, 0.5) is 10.1 Å². The van der Waals surface area contributed by atoms with Crippen LogP contribution < -0.4 is 11.1 Å². The van der Waals surface area contributed by atoms with Gasteiger partial charge in [-0.2, -0.15) is 0 Å². The van der Waals surface area contributed by atoms with Crippen LogP contribution in [0.3, 0.4) is 0 Å². The summed E-state index contributed by atoms with van der Waals surface area (Å²) in [7, 11) is 0. The maximum atomic E-state index is 13.2. The van der Waals surface area contributed by atoms with Crippen molar-refractivity contribution in [3.63, 3.8) is 0 Å². The third-order valence-electron chi connectivity index (χ3n) is 2.25. The van der Waals surface area contributed by atoms with E-state index in [0.29, 0.717) is 12.1 Å². The van der Waals surface area contributed by atoms with Crippen LogP contribution in [-0.4, -0.2) is 12.1 Å². The number of halogens is 1. The summed E-state index contributed by atoms with van der Waals surface area (Å²) in [6.07, 6.45) is 0. The van der Waals surface area contributed by atoms with E-state index in [2.05, 4.69) is 5.32 Å². The Morgan fingerprint density at radius 3 is 2.64 bits per heavy atom. The number of benzene rings is 1. The lowest BCUT2D eigenvalue weighted by Gasteiger charge is -2.26.